The maximum Gasteiger partial charge on any atom is 0.159 e. The van der Waals surface area contributed by atoms with Crippen molar-refractivity contribution in [3.8, 4) is 0 Å². The molecule has 0 aromatic heterocycles. The summed E-state index contributed by atoms with van der Waals surface area (Å²) in [5, 5.41) is 55.6. The Morgan fingerprint density at radius 1 is 0.881 bits per heavy atom. The molecule has 0 aromatic rings. The zero-order valence-corrected chi connectivity index (χ0v) is 27.3. The van der Waals surface area contributed by atoms with Crippen LogP contribution in [0.1, 0.15) is 125 Å². The van der Waals surface area contributed by atoms with E-state index in [1.54, 1.807) is 0 Å². The predicted octanol–water partition coefficient (Wildman–Crippen LogP) is 5.57. The molecular formula is C36H60O6. The normalized spacial score (nSPS) is 48.8. The highest BCUT2D eigenvalue weighted by molar-refractivity contribution is 5.95. The Kier molecular flexibility index (Phi) is 8.48. The highest BCUT2D eigenvalue weighted by atomic mass is 16.3. The molecule has 0 spiro atoms. The van der Waals surface area contributed by atoms with Gasteiger partial charge < -0.3 is 25.5 Å². The third-order valence-corrected chi connectivity index (χ3v) is 14.7. The van der Waals surface area contributed by atoms with Gasteiger partial charge in [0.2, 0.25) is 0 Å². The van der Waals surface area contributed by atoms with Crippen molar-refractivity contribution in [3.63, 3.8) is 0 Å². The lowest BCUT2D eigenvalue weighted by Gasteiger charge is -2.72. The molecule has 11 atom stereocenters. The van der Waals surface area contributed by atoms with Crippen molar-refractivity contribution in [1.29, 1.82) is 0 Å². The Balaban J connectivity index is 1.67. The number of aliphatic hydroxyl groups excluding tert-OH is 5. The van der Waals surface area contributed by atoms with Gasteiger partial charge in [-0.3, -0.25) is 4.79 Å². The van der Waals surface area contributed by atoms with Crippen molar-refractivity contribution < 1.29 is 30.3 Å². The van der Waals surface area contributed by atoms with E-state index in [1.807, 2.05) is 13.0 Å². The number of rotatable bonds is 8. The summed E-state index contributed by atoms with van der Waals surface area (Å²) >= 11 is 0. The van der Waals surface area contributed by atoms with Gasteiger partial charge in [0, 0.05) is 16.7 Å². The molecule has 5 aliphatic rings. The maximum absolute atomic E-state index is 14.8. The molecule has 6 heteroatoms. The van der Waals surface area contributed by atoms with Crippen LogP contribution >= 0.6 is 0 Å². The lowest BCUT2D eigenvalue weighted by molar-refractivity contribution is -0.243. The summed E-state index contributed by atoms with van der Waals surface area (Å²) in [7, 11) is 0. The van der Waals surface area contributed by atoms with Gasteiger partial charge in [-0.25, -0.2) is 0 Å². The molecule has 0 aromatic carbocycles. The van der Waals surface area contributed by atoms with Crippen LogP contribution in [0.25, 0.3) is 0 Å². The second-order valence-corrected chi connectivity index (χ2v) is 17.0. The predicted molar refractivity (Wildman–Crippen MR) is 164 cm³/mol. The van der Waals surface area contributed by atoms with Crippen molar-refractivity contribution in [2.24, 2.45) is 50.2 Å². The minimum absolute atomic E-state index is 0.0328. The summed E-state index contributed by atoms with van der Waals surface area (Å²) in [6.07, 6.45) is 10.7. The largest absolute Gasteiger partial charge is 0.396 e. The van der Waals surface area contributed by atoms with Crippen LogP contribution in [-0.4, -0.2) is 62.8 Å². The molecule has 6 nitrogen and oxygen atoms in total. The van der Waals surface area contributed by atoms with Gasteiger partial charge in [-0.15, -0.1) is 0 Å². The van der Waals surface area contributed by atoms with Crippen molar-refractivity contribution in [3.05, 3.63) is 11.6 Å². The molecule has 5 aliphatic carbocycles. The number of hydrogen-bond acceptors (Lipinski definition) is 6. The van der Waals surface area contributed by atoms with E-state index in [0.717, 1.165) is 76.2 Å². The number of hydrogen-bond donors (Lipinski definition) is 5. The van der Waals surface area contributed by atoms with Gasteiger partial charge >= 0.3 is 0 Å². The fraction of sp³-hybridized carbons (Fsp3) is 0.917. The third-order valence-electron chi connectivity index (χ3n) is 14.7. The van der Waals surface area contributed by atoms with Crippen LogP contribution < -0.4 is 0 Å². The molecule has 0 saturated heterocycles. The monoisotopic (exact) mass is 588 g/mol. The Hall–Kier alpha value is -0.790. The van der Waals surface area contributed by atoms with Crippen LogP contribution in [0.3, 0.4) is 0 Å². The summed E-state index contributed by atoms with van der Waals surface area (Å²) in [5.41, 5.74) is -1.45. The van der Waals surface area contributed by atoms with E-state index >= 15 is 0 Å². The fourth-order valence-corrected chi connectivity index (χ4v) is 11.9. The van der Waals surface area contributed by atoms with Gasteiger partial charge in [0.15, 0.2) is 5.78 Å². The van der Waals surface area contributed by atoms with E-state index < -0.39 is 52.0 Å². The van der Waals surface area contributed by atoms with Crippen molar-refractivity contribution >= 4 is 5.78 Å². The molecular weight excluding hydrogens is 528 g/mol. The number of allylic oxidation sites excluding steroid dienone is 2. The molecule has 240 valence electrons. The topological polar surface area (TPSA) is 118 Å². The zero-order chi connectivity index (χ0) is 30.9. The first-order valence-corrected chi connectivity index (χ1v) is 17.2. The Labute approximate surface area is 254 Å². The molecule has 0 radical (unpaired) electrons. The van der Waals surface area contributed by atoms with Gasteiger partial charge in [0.05, 0.1) is 31.5 Å². The van der Waals surface area contributed by atoms with Crippen LogP contribution in [-0.2, 0) is 4.79 Å². The molecule has 0 amide bonds. The van der Waals surface area contributed by atoms with Gasteiger partial charge in [-0.1, -0.05) is 72.8 Å². The SMILES string of the molecule is CCCCCC[C@]12CC[C@H](O)[C@@](C)([C@H](O)CO)[C@H]1CC[C@]1(C)[C@@H]2C(=O)C=C2[C@H]3CC(C)(C)CC[C@]3(CO)[C@@H](O)C[C@]21C. The van der Waals surface area contributed by atoms with Gasteiger partial charge in [-0.05, 0) is 97.4 Å². The van der Waals surface area contributed by atoms with Crippen LogP contribution in [0, 0.1) is 50.2 Å². The third kappa shape index (κ3) is 4.31. The minimum Gasteiger partial charge on any atom is -0.396 e. The summed E-state index contributed by atoms with van der Waals surface area (Å²) in [6, 6.07) is 0. The molecule has 5 rings (SSSR count). The molecule has 0 heterocycles. The number of carbonyl (C=O) groups excluding carboxylic acids is 1. The van der Waals surface area contributed by atoms with Crippen molar-refractivity contribution in [2.45, 2.75) is 143 Å². The van der Waals surface area contributed by atoms with Gasteiger partial charge in [-0.2, -0.15) is 0 Å². The summed E-state index contributed by atoms with van der Waals surface area (Å²) in [4.78, 5) is 14.8. The molecule has 42 heavy (non-hydrogen) atoms. The number of ketones is 1. The minimum atomic E-state index is -1.05. The molecule has 0 bridgehead atoms. The average molecular weight is 589 g/mol. The van der Waals surface area contributed by atoms with E-state index in [9.17, 15) is 30.3 Å². The van der Waals surface area contributed by atoms with E-state index in [4.69, 9.17) is 0 Å². The van der Waals surface area contributed by atoms with Gasteiger partial charge in [0.1, 0.15) is 0 Å². The maximum atomic E-state index is 14.8. The van der Waals surface area contributed by atoms with Crippen molar-refractivity contribution in [2.75, 3.05) is 13.2 Å². The quantitative estimate of drug-likeness (QED) is 0.237. The van der Waals surface area contributed by atoms with Crippen LogP contribution in [0.2, 0.25) is 0 Å². The lowest BCUT2D eigenvalue weighted by atomic mass is 9.32. The van der Waals surface area contributed by atoms with E-state index in [2.05, 4.69) is 34.6 Å². The zero-order valence-electron chi connectivity index (χ0n) is 27.3. The summed E-state index contributed by atoms with van der Waals surface area (Å²) in [5.74, 6) is -0.220. The standard InChI is InChI=1S/C36H60O6/c1-7-8-9-10-13-35-15-12-27(40)34(6,29(42)21-37)26(35)11-14-32(4)30(35)25(39)18-23-24-19-31(2,3)16-17-36(24,22-38)28(41)20-33(23,32)5/h18,24,26-30,37-38,40-42H,7-17,19-22H2,1-6H3/t24-,26-,27+,28+,29-,30+,32-,33-,34+,35+,36-/m1/s1. The van der Waals surface area contributed by atoms with Crippen molar-refractivity contribution in [1.82, 2.24) is 0 Å². The Morgan fingerprint density at radius 3 is 2.24 bits per heavy atom. The lowest BCUT2D eigenvalue weighted by Crippen LogP contribution is -2.70. The Bertz CT molecular complexity index is 1060. The number of fused-ring (bicyclic) bond motifs is 7. The smallest absolute Gasteiger partial charge is 0.159 e. The number of unbranched alkanes of at least 4 members (excludes halogenated alkanes) is 3. The van der Waals surface area contributed by atoms with E-state index in [1.165, 1.54) is 0 Å². The first-order chi connectivity index (χ1) is 19.6. The van der Waals surface area contributed by atoms with Crippen LogP contribution in [0.5, 0.6) is 0 Å². The molecule has 5 N–H and O–H groups in total. The highest BCUT2D eigenvalue weighted by Gasteiger charge is 2.73. The molecule has 0 aliphatic heterocycles. The molecule has 4 fully saturated rings. The van der Waals surface area contributed by atoms with Crippen LogP contribution in [0.4, 0.5) is 0 Å². The molecule has 4 saturated carbocycles. The number of aliphatic hydroxyl groups is 5. The van der Waals surface area contributed by atoms with E-state index in [0.29, 0.717) is 12.8 Å². The average Bonchev–Trinajstić information content (AvgIpc) is 2.94. The van der Waals surface area contributed by atoms with Gasteiger partial charge in [0.25, 0.3) is 0 Å². The number of carbonyl (C=O) groups is 1. The fourth-order valence-electron chi connectivity index (χ4n) is 11.9. The first kappa shape index (κ1) is 32.6. The molecule has 0 unspecified atom stereocenters. The van der Waals surface area contributed by atoms with E-state index in [-0.39, 0.29) is 35.6 Å². The van der Waals surface area contributed by atoms with Crippen LogP contribution in [0.15, 0.2) is 11.6 Å². The Morgan fingerprint density at radius 2 is 1.60 bits per heavy atom. The second kappa shape index (κ2) is 10.9. The summed E-state index contributed by atoms with van der Waals surface area (Å²) < 4.78 is 0. The second-order valence-electron chi connectivity index (χ2n) is 17.0. The summed E-state index contributed by atoms with van der Waals surface area (Å²) in [6.45, 7) is 12.9. The highest BCUT2D eigenvalue weighted by Crippen LogP contribution is 2.76. The first-order valence-electron chi connectivity index (χ1n) is 17.2.